The minimum absolute atomic E-state index is 0.0332. The van der Waals surface area contributed by atoms with Gasteiger partial charge >= 0.3 is 0 Å². The Bertz CT molecular complexity index is 1340. The van der Waals surface area contributed by atoms with Crippen LogP contribution >= 0.6 is 0 Å². The molecule has 0 aliphatic carbocycles. The van der Waals surface area contributed by atoms with E-state index >= 15 is 0 Å². The van der Waals surface area contributed by atoms with Gasteiger partial charge < -0.3 is 25.0 Å². The van der Waals surface area contributed by atoms with E-state index in [1.54, 1.807) is 26.0 Å². The van der Waals surface area contributed by atoms with Crippen molar-refractivity contribution in [1.82, 2.24) is 19.5 Å². The smallest absolute Gasteiger partial charge is 0.180 e. The van der Waals surface area contributed by atoms with Gasteiger partial charge in [-0.15, -0.1) is 0 Å². The number of hydrogen-bond donors (Lipinski definition) is 4. The third kappa shape index (κ3) is 5.23. The molecular formula is C29H34N4O4. The first-order valence-corrected chi connectivity index (χ1v) is 12.7. The van der Waals surface area contributed by atoms with Gasteiger partial charge in [-0.25, -0.2) is 15.0 Å². The zero-order valence-electron chi connectivity index (χ0n) is 21.7. The van der Waals surface area contributed by atoms with Gasteiger partial charge in [-0.05, 0) is 62.6 Å². The van der Waals surface area contributed by atoms with Crippen molar-refractivity contribution in [3.63, 3.8) is 0 Å². The minimum atomic E-state index is -0.129. The van der Waals surface area contributed by atoms with Gasteiger partial charge in [0.05, 0.1) is 16.8 Å². The average Bonchev–Trinajstić information content (AvgIpc) is 3.36. The highest BCUT2D eigenvalue weighted by atomic mass is 16.3. The summed E-state index contributed by atoms with van der Waals surface area (Å²) < 4.78 is 2.14. The van der Waals surface area contributed by atoms with Gasteiger partial charge in [-0.2, -0.15) is 0 Å². The van der Waals surface area contributed by atoms with Crippen molar-refractivity contribution in [3.8, 4) is 57.3 Å². The summed E-state index contributed by atoms with van der Waals surface area (Å²) in [7, 11) is 0. The lowest BCUT2D eigenvalue weighted by Crippen LogP contribution is -2.11. The van der Waals surface area contributed by atoms with E-state index in [-0.39, 0.29) is 34.6 Å². The molecule has 0 aliphatic heterocycles. The lowest BCUT2D eigenvalue weighted by molar-refractivity contribution is 0.393. The molecule has 0 spiro atoms. The van der Waals surface area contributed by atoms with Crippen molar-refractivity contribution in [2.24, 2.45) is 5.92 Å². The molecule has 0 bridgehead atoms. The molecule has 194 valence electrons. The zero-order chi connectivity index (χ0) is 26.7. The molecule has 4 N–H and O–H groups in total. The number of aromatic nitrogens is 4. The zero-order valence-corrected chi connectivity index (χ0v) is 21.7. The highest BCUT2D eigenvalue weighted by Crippen LogP contribution is 2.39. The normalized spacial score (nSPS) is 12.1. The third-order valence-corrected chi connectivity index (χ3v) is 6.98. The molecule has 2 aromatic carbocycles. The molecule has 0 fully saturated rings. The number of unbranched alkanes of at least 4 members (excludes halogenated alkanes) is 1. The molecule has 8 heteroatoms. The molecule has 8 nitrogen and oxygen atoms in total. The topological polar surface area (TPSA) is 125 Å². The number of nitrogens with zero attached hydrogens (tertiary/aromatic N) is 4. The highest BCUT2D eigenvalue weighted by molar-refractivity contribution is 5.74. The number of phenols is 4. The largest absolute Gasteiger partial charge is 0.508 e. The van der Waals surface area contributed by atoms with E-state index in [1.165, 1.54) is 18.6 Å². The lowest BCUT2D eigenvalue weighted by atomic mass is 9.99. The van der Waals surface area contributed by atoms with Crippen molar-refractivity contribution < 1.29 is 20.4 Å². The van der Waals surface area contributed by atoms with E-state index in [2.05, 4.69) is 23.4 Å². The molecule has 4 aromatic rings. The van der Waals surface area contributed by atoms with Gasteiger partial charge in [0.15, 0.2) is 17.5 Å². The van der Waals surface area contributed by atoms with Crippen molar-refractivity contribution in [3.05, 3.63) is 53.7 Å². The maximum absolute atomic E-state index is 10.8. The molecular weight excluding hydrogens is 468 g/mol. The van der Waals surface area contributed by atoms with Crippen LogP contribution in [0, 0.1) is 19.8 Å². The summed E-state index contributed by atoms with van der Waals surface area (Å²) in [6, 6.07) is 9.98. The maximum Gasteiger partial charge on any atom is 0.180 e. The fraction of sp³-hybridized carbons (Fsp3) is 0.345. The molecule has 1 atom stereocenters. The van der Waals surface area contributed by atoms with E-state index < -0.39 is 0 Å². The maximum atomic E-state index is 10.8. The number of phenolic OH excluding ortho intramolecular Hbond substituents is 4. The molecule has 0 amide bonds. The van der Waals surface area contributed by atoms with Crippen molar-refractivity contribution in [2.75, 3.05) is 0 Å². The van der Waals surface area contributed by atoms with Crippen molar-refractivity contribution in [1.29, 1.82) is 0 Å². The minimum Gasteiger partial charge on any atom is -0.508 e. The van der Waals surface area contributed by atoms with Gasteiger partial charge in [0.25, 0.3) is 0 Å². The second kappa shape index (κ2) is 10.9. The quantitative estimate of drug-likeness (QED) is 0.211. The molecule has 1 unspecified atom stereocenters. The first-order valence-electron chi connectivity index (χ1n) is 12.7. The van der Waals surface area contributed by atoms with Gasteiger partial charge in [0.2, 0.25) is 0 Å². The van der Waals surface area contributed by atoms with Gasteiger partial charge in [0.1, 0.15) is 23.0 Å². The Morgan fingerprint density at radius 1 is 0.757 bits per heavy atom. The van der Waals surface area contributed by atoms with Gasteiger partial charge in [-0.3, -0.25) is 0 Å². The summed E-state index contributed by atoms with van der Waals surface area (Å²) in [5.41, 5.74) is 2.10. The van der Waals surface area contributed by atoms with Crippen molar-refractivity contribution in [2.45, 2.75) is 59.9 Å². The second-order valence-corrected chi connectivity index (χ2v) is 9.48. The van der Waals surface area contributed by atoms with Crippen LogP contribution in [0.25, 0.3) is 34.3 Å². The fourth-order valence-electron chi connectivity index (χ4n) is 4.44. The van der Waals surface area contributed by atoms with E-state index in [9.17, 15) is 20.4 Å². The van der Waals surface area contributed by atoms with Crippen LogP contribution < -0.4 is 0 Å². The Morgan fingerprint density at radius 2 is 1.30 bits per heavy atom. The van der Waals surface area contributed by atoms with Crippen molar-refractivity contribution >= 4 is 0 Å². The Hall–Kier alpha value is -4.07. The summed E-state index contributed by atoms with van der Waals surface area (Å²) in [6.07, 6.45) is 6.54. The summed E-state index contributed by atoms with van der Waals surface area (Å²) in [5.74, 6) is 0.992. The Labute approximate surface area is 217 Å². The molecule has 37 heavy (non-hydrogen) atoms. The first kappa shape index (κ1) is 26.0. The van der Waals surface area contributed by atoms with Gasteiger partial charge in [0, 0.05) is 23.9 Å². The van der Waals surface area contributed by atoms with E-state index in [1.807, 2.05) is 18.3 Å². The Balaban J connectivity index is 1.89. The van der Waals surface area contributed by atoms with E-state index in [4.69, 9.17) is 9.97 Å². The predicted octanol–water partition coefficient (Wildman–Crippen LogP) is 6.33. The van der Waals surface area contributed by atoms with Gasteiger partial charge in [-0.1, -0.05) is 33.1 Å². The van der Waals surface area contributed by atoms with Crippen LogP contribution in [-0.2, 0) is 6.54 Å². The fourth-order valence-corrected chi connectivity index (χ4v) is 4.44. The highest BCUT2D eigenvalue weighted by Gasteiger charge is 2.21. The number of rotatable bonds is 9. The van der Waals surface area contributed by atoms with Crippen LogP contribution in [0.3, 0.4) is 0 Å². The predicted molar refractivity (Wildman–Crippen MR) is 144 cm³/mol. The Morgan fingerprint density at radius 3 is 1.81 bits per heavy atom. The van der Waals surface area contributed by atoms with E-state index in [0.717, 1.165) is 31.5 Å². The number of benzene rings is 2. The van der Waals surface area contributed by atoms with Crippen LogP contribution in [0.1, 0.15) is 50.7 Å². The number of aromatic hydroxyl groups is 4. The summed E-state index contributed by atoms with van der Waals surface area (Å²) in [6.45, 7) is 8.44. The van der Waals surface area contributed by atoms with Crippen LogP contribution in [0.5, 0.6) is 23.0 Å². The van der Waals surface area contributed by atoms with Crippen LogP contribution in [0.15, 0.2) is 42.6 Å². The SMILES string of the molecule is CCCCC(CC)Cn1cccc1-c1nc(-c2ccc(O)c(C)c2O)nc(-c2ccc(O)c(C)c2O)n1. The van der Waals surface area contributed by atoms with Crippen LogP contribution in [0.2, 0.25) is 0 Å². The summed E-state index contributed by atoms with van der Waals surface area (Å²) in [4.78, 5) is 14.0. The second-order valence-electron chi connectivity index (χ2n) is 9.48. The van der Waals surface area contributed by atoms with Crippen LogP contribution in [0.4, 0.5) is 0 Å². The first-order chi connectivity index (χ1) is 17.7. The molecule has 0 radical (unpaired) electrons. The summed E-state index contributed by atoms with van der Waals surface area (Å²) >= 11 is 0. The monoisotopic (exact) mass is 502 g/mol. The average molecular weight is 503 g/mol. The molecule has 4 rings (SSSR count). The molecule has 0 aliphatic rings. The number of hydrogen-bond acceptors (Lipinski definition) is 7. The van der Waals surface area contributed by atoms with E-state index in [0.29, 0.717) is 34.0 Å². The molecule has 0 saturated carbocycles. The third-order valence-electron chi connectivity index (χ3n) is 6.98. The standard InChI is InChI=1S/C29H34N4O4/c1-5-7-9-19(6-2)16-33-15-8-10-22(33)29-31-27(20-11-13-23(34)17(3)25(20)36)30-28(32-29)21-12-14-24(35)18(4)26(21)37/h8,10-15,19,34-37H,5-7,9,16H2,1-4H3. The van der Waals surface area contributed by atoms with Crippen LogP contribution in [-0.4, -0.2) is 39.9 Å². The summed E-state index contributed by atoms with van der Waals surface area (Å²) in [5, 5.41) is 41.6. The lowest BCUT2D eigenvalue weighted by Gasteiger charge is -2.18. The molecule has 2 heterocycles. The molecule has 2 aromatic heterocycles. The molecule has 0 saturated heterocycles. The Kier molecular flexibility index (Phi) is 7.66.